The van der Waals surface area contributed by atoms with Crippen LogP contribution < -0.4 is 14.8 Å². The van der Waals surface area contributed by atoms with Gasteiger partial charge in [0.2, 0.25) is 23.6 Å². The third kappa shape index (κ3) is 4.69. The van der Waals surface area contributed by atoms with Gasteiger partial charge in [-0.2, -0.15) is 4.98 Å². The van der Waals surface area contributed by atoms with Gasteiger partial charge in [0.25, 0.3) is 17.7 Å². The highest BCUT2D eigenvalue weighted by Gasteiger charge is 2.36. The molecule has 1 aromatic heterocycles. The van der Waals surface area contributed by atoms with Crippen molar-refractivity contribution >= 4 is 29.5 Å². The van der Waals surface area contributed by atoms with Crippen molar-refractivity contribution in [2.45, 2.75) is 12.8 Å². The van der Waals surface area contributed by atoms with E-state index in [1.54, 1.807) is 12.1 Å². The van der Waals surface area contributed by atoms with E-state index in [2.05, 4.69) is 10.3 Å². The molecule has 0 saturated carbocycles. The fraction of sp³-hybridized carbons (Fsp3) is 0.333. The van der Waals surface area contributed by atoms with Gasteiger partial charge in [0, 0.05) is 32.1 Å². The van der Waals surface area contributed by atoms with Crippen LogP contribution in [0.25, 0.3) is 0 Å². The summed E-state index contributed by atoms with van der Waals surface area (Å²) in [4.78, 5) is 68.1. The van der Waals surface area contributed by atoms with Gasteiger partial charge in [-0.1, -0.05) is 12.1 Å². The summed E-state index contributed by atoms with van der Waals surface area (Å²) in [5, 5.41) is 5.22. The molecule has 36 heavy (non-hydrogen) atoms. The molecule has 0 bridgehead atoms. The van der Waals surface area contributed by atoms with Crippen LogP contribution in [0.4, 0.5) is 0 Å². The molecular weight excluding hydrogens is 470 g/mol. The molecule has 2 aliphatic rings. The molecule has 0 spiro atoms. The van der Waals surface area contributed by atoms with Crippen molar-refractivity contribution in [3.05, 3.63) is 53.1 Å². The van der Waals surface area contributed by atoms with Gasteiger partial charge in [0.1, 0.15) is 12.1 Å². The highest BCUT2D eigenvalue weighted by Crippen LogP contribution is 2.24. The van der Waals surface area contributed by atoms with Gasteiger partial charge in [-0.3, -0.25) is 33.9 Å². The highest BCUT2D eigenvalue weighted by atomic mass is 16.5. The molecule has 12 heteroatoms. The second-order valence-corrected chi connectivity index (χ2v) is 8.05. The Hall–Kier alpha value is -4.48. The van der Waals surface area contributed by atoms with Crippen LogP contribution in [-0.2, 0) is 9.59 Å². The van der Waals surface area contributed by atoms with Gasteiger partial charge in [-0.15, -0.1) is 0 Å². The molecule has 4 rings (SSSR count). The van der Waals surface area contributed by atoms with Gasteiger partial charge < -0.3 is 14.8 Å². The number of aromatic nitrogens is 1. The number of rotatable bonds is 8. The fourth-order valence-electron chi connectivity index (χ4n) is 4.10. The van der Waals surface area contributed by atoms with Crippen LogP contribution in [0.5, 0.6) is 11.8 Å². The number of hydrazine groups is 1. The van der Waals surface area contributed by atoms with Crippen molar-refractivity contribution in [3.63, 3.8) is 0 Å². The number of imide groups is 1. The Labute approximate surface area is 206 Å². The predicted octanol–water partition coefficient (Wildman–Crippen LogP) is 0.491. The van der Waals surface area contributed by atoms with E-state index in [4.69, 9.17) is 9.47 Å². The van der Waals surface area contributed by atoms with E-state index in [1.807, 2.05) is 0 Å². The van der Waals surface area contributed by atoms with E-state index in [9.17, 15) is 24.0 Å². The summed E-state index contributed by atoms with van der Waals surface area (Å²) in [5.41, 5.74) is 0.702. The number of hydrogen-bond acceptors (Lipinski definition) is 8. The lowest BCUT2D eigenvalue weighted by Gasteiger charge is -2.28. The van der Waals surface area contributed by atoms with Crippen LogP contribution in [0.1, 0.15) is 43.9 Å². The summed E-state index contributed by atoms with van der Waals surface area (Å²) in [6.45, 7) is 0.219. The van der Waals surface area contributed by atoms with Crippen LogP contribution in [-0.4, -0.2) is 89.8 Å². The Morgan fingerprint density at radius 2 is 1.61 bits per heavy atom. The number of hydrogen-bond donors (Lipinski definition) is 1. The second-order valence-electron chi connectivity index (χ2n) is 8.05. The average molecular weight is 495 g/mol. The molecule has 2 aromatic rings. The zero-order valence-corrected chi connectivity index (χ0v) is 19.9. The number of amides is 5. The monoisotopic (exact) mass is 495 g/mol. The molecular formula is C24H25N5O7. The minimum absolute atomic E-state index is 0.0211. The lowest BCUT2D eigenvalue weighted by molar-refractivity contribution is -0.140. The fourth-order valence-corrected chi connectivity index (χ4v) is 4.10. The molecule has 2 aliphatic heterocycles. The van der Waals surface area contributed by atoms with Gasteiger partial charge in [0.15, 0.2) is 0 Å². The molecule has 0 radical (unpaired) electrons. The lowest BCUT2D eigenvalue weighted by Crippen LogP contribution is -2.46. The number of nitrogens with zero attached hydrogens (tertiary/aromatic N) is 4. The van der Waals surface area contributed by atoms with Crippen molar-refractivity contribution in [2.75, 3.05) is 40.4 Å². The highest BCUT2D eigenvalue weighted by molar-refractivity contribution is 6.22. The van der Waals surface area contributed by atoms with Crippen molar-refractivity contribution in [3.8, 4) is 11.8 Å². The summed E-state index contributed by atoms with van der Waals surface area (Å²) in [5.74, 6) is -2.06. The standard InChI is InChI=1S/C24H25N5O7/c1-35-19-9-8-17(21(26-19)36-2)24(34)29-13-5-12-28(29)20(31)10-11-25-18(30)14-27-22(32)15-6-3-4-7-16(15)23(27)33/h3-4,6-9H,5,10-14H2,1-2H3,(H,25,30). The normalized spacial score (nSPS) is 14.7. The number of methoxy groups -OCH3 is 2. The van der Waals surface area contributed by atoms with Crippen molar-refractivity contribution < 1.29 is 33.4 Å². The summed E-state index contributed by atoms with van der Waals surface area (Å²) >= 11 is 0. The van der Waals surface area contributed by atoms with E-state index < -0.39 is 30.2 Å². The summed E-state index contributed by atoms with van der Waals surface area (Å²) in [7, 11) is 2.83. The van der Waals surface area contributed by atoms with Gasteiger partial charge in [0.05, 0.1) is 25.3 Å². The Balaban J connectivity index is 1.31. The maximum absolute atomic E-state index is 13.1. The molecule has 3 heterocycles. The van der Waals surface area contributed by atoms with Crippen LogP contribution in [0.15, 0.2) is 36.4 Å². The van der Waals surface area contributed by atoms with Crippen LogP contribution in [0, 0.1) is 0 Å². The molecule has 1 aromatic carbocycles. The number of ether oxygens (including phenoxy) is 2. The number of nitrogens with one attached hydrogen (secondary N) is 1. The number of carbonyl (C=O) groups excluding carboxylic acids is 5. The molecule has 1 N–H and O–H groups in total. The maximum atomic E-state index is 13.1. The van der Waals surface area contributed by atoms with Crippen LogP contribution in [0.2, 0.25) is 0 Å². The predicted molar refractivity (Wildman–Crippen MR) is 124 cm³/mol. The van der Waals surface area contributed by atoms with Crippen LogP contribution >= 0.6 is 0 Å². The molecule has 0 atom stereocenters. The Morgan fingerprint density at radius 3 is 2.25 bits per heavy atom. The number of pyridine rings is 1. The summed E-state index contributed by atoms with van der Waals surface area (Å²) < 4.78 is 10.3. The maximum Gasteiger partial charge on any atom is 0.277 e. The molecule has 12 nitrogen and oxygen atoms in total. The molecule has 1 fully saturated rings. The Morgan fingerprint density at radius 1 is 0.944 bits per heavy atom. The van der Waals surface area contributed by atoms with Gasteiger partial charge in [-0.25, -0.2) is 5.01 Å². The Bertz CT molecular complexity index is 1200. The van der Waals surface area contributed by atoms with E-state index >= 15 is 0 Å². The second kappa shape index (κ2) is 10.4. The van der Waals surface area contributed by atoms with E-state index in [0.29, 0.717) is 19.5 Å². The first-order chi connectivity index (χ1) is 17.3. The SMILES string of the molecule is COc1ccc(C(=O)N2CCCN2C(=O)CCNC(=O)CN2C(=O)c3ccccc3C2=O)c(OC)n1. The van der Waals surface area contributed by atoms with E-state index in [0.717, 1.165) is 4.90 Å². The molecule has 5 amide bonds. The molecule has 0 aliphatic carbocycles. The third-order valence-corrected chi connectivity index (χ3v) is 5.86. The quantitative estimate of drug-likeness (QED) is 0.522. The molecule has 188 valence electrons. The first kappa shape index (κ1) is 24.6. The molecule has 0 unspecified atom stereocenters. The van der Waals surface area contributed by atoms with Gasteiger partial charge >= 0.3 is 0 Å². The summed E-state index contributed by atoms with van der Waals surface area (Å²) in [6, 6.07) is 9.41. The zero-order valence-electron chi connectivity index (χ0n) is 19.9. The average Bonchev–Trinajstić information content (AvgIpc) is 3.48. The van der Waals surface area contributed by atoms with E-state index in [-0.39, 0.29) is 47.3 Å². The molecule has 1 saturated heterocycles. The number of carbonyl (C=O) groups is 5. The Kier molecular flexibility index (Phi) is 7.13. The van der Waals surface area contributed by atoms with Crippen LogP contribution in [0.3, 0.4) is 0 Å². The minimum Gasteiger partial charge on any atom is -0.481 e. The first-order valence-electron chi connectivity index (χ1n) is 11.3. The van der Waals surface area contributed by atoms with Crippen molar-refractivity contribution in [1.29, 1.82) is 0 Å². The van der Waals surface area contributed by atoms with E-state index in [1.165, 1.54) is 48.5 Å². The van der Waals surface area contributed by atoms with Crippen molar-refractivity contribution in [2.24, 2.45) is 0 Å². The number of fused-ring (bicyclic) bond motifs is 1. The van der Waals surface area contributed by atoms with Crippen molar-refractivity contribution in [1.82, 2.24) is 25.2 Å². The third-order valence-electron chi connectivity index (χ3n) is 5.86. The number of benzene rings is 1. The summed E-state index contributed by atoms with van der Waals surface area (Å²) in [6.07, 6.45) is 0.519. The first-order valence-corrected chi connectivity index (χ1v) is 11.3. The smallest absolute Gasteiger partial charge is 0.277 e. The lowest BCUT2D eigenvalue weighted by atomic mass is 10.1. The zero-order chi connectivity index (χ0) is 25.8. The largest absolute Gasteiger partial charge is 0.481 e. The van der Waals surface area contributed by atoms with Gasteiger partial charge in [-0.05, 0) is 24.6 Å². The minimum atomic E-state index is -0.569. The topological polar surface area (TPSA) is 138 Å².